The maximum atomic E-state index is 11.7. The van der Waals surface area contributed by atoms with E-state index in [0.29, 0.717) is 29.3 Å². The highest BCUT2D eigenvalue weighted by Gasteiger charge is 2.32. The average molecular weight is 346 g/mol. The number of rotatable bonds is 4. The summed E-state index contributed by atoms with van der Waals surface area (Å²) < 4.78 is 2.60. The molecule has 0 saturated heterocycles. The van der Waals surface area contributed by atoms with E-state index in [1.807, 2.05) is 6.07 Å². The SMILES string of the molecule is CC(C)(C(N)=O)n1c(CCCl)nc2cc(Br)cnc21. The van der Waals surface area contributed by atoms with E-state index in [-0.39, 0.29) is 0 Å². The third-order valence-corrected chi connectivity index (χ3v) is 3.64. The molecule has 0 saturated carbocycles. The van der Waals surface area contributed by atoms with Gasteiger partial charge in [0.05, 0.1) is 0 Å². The zero-order valence-electron chi connectivity index (χ0n) is 10.7. The Balaban J connectivity index is 2.75. The number of hydrogen-bond acceptors (Lipinski definition) is 3. The molecule has 2 N–H and O–H groups in total. The molecule has 102 valence electrons. The van der Waals surface area contributed by atoms with Gasteiger partial charge in [-0.25, -0.2) is 9.97 Å². The van der Waals surface area contributed by atoms with E-state index in [4.69, 9.17) is 17.3 Å². The van der Waals surface area contributed by atoms with Crippen molar-refractivity contribution in [2.45, 2.75) is 25.8 Å². The first kappa shape index (κ1) is 14.3. The van der Waals surface area contributed by atoms with Crippen LogP contribution in [0.5, 0.6) is 0 Å². The van der Waals surface area contributed by atoms with Crippen LogP contribution >= 0.6 is 27.5 Å². The number of amides is 1. The van der Waals surface area contributed by atoms with Gasteiger partial charge in [-0.05, 0) is 35.8 Å². The van der Waals surface area contributed by atoms with Crippen LogP contribution < -0.4 is 5.73 Å². The molecule has 0 aliphatic heterocycles. The van der Waals surface area contributed by atoms with Crippen LogP contribution in [0.1, 0.15) is 19.7 Å². The predicted octanol–water partition coefficient (Wildman–Crippen LogP) is 2.20. The summed E-state index contributed by atoms with van der Waals surface area (Å²) in [6, 6.07) is 1.85. The summed E-state index contributed by atoms with van der Waals surface area (Å²) >= 11 is 9.15. The van der Waals surface area contributed by atoms with Gasteiger partial charge >= 0.3 is 0 Å². The second kappa shape index (κ2) is 5.09. The Morgan fingerprint density at radius 1 is 1.58 bits per heavy atom. The van der Waals surface area contributed by atoms with Crippen molar-refractivity contribution in [1.82, 2.24) is 14.5 Å². The normalized spacial score (nSPS) is 12.0. The van der Waals surface area contributed by atoms with E-state index in [0.717, 1.165) is 4.47 Å². The number of aryl methyl sites for hydroxylation is 1. The molecule has 0 unspecified atom stereocenters. The van der Waals surface area contributed by atoms with Crippen molar-refractivity contribution in [3.63, 3.8) is 0 Å². The summed E-state index contributed by atoms with van der Waals surface area (Å²) in [6.07, 6.45) is 2.22. The molecule has 2 aromatic heterocycles. The number of pyridine rings is 1. The predicted molar refractivity (Wildman–Crippen MR) is 78.2 cm³/mol. The van der Waals surface area contributed by atoms with Gasteiger partial charge in [-0.2, -0.15) is 0 Å². The number of hydrogen-bond donors (Lipinski definition) is 1. The minimum atomic E-state index is -0.906. The number of alkyl halides is 1. The standard InChI is InChI=1S/C12H14BrClN4O/c1-12(2,11(15)19)18-9(3-4-14)17-8-5-7(13)6-16-10(8)18/h5-6H,3-4H2,1-2H3,(H2,15,19). The maximum absolute atomic E-state index is 11.7. The second-order valence-electron chi connectivity index (χ2n) is 4.72. The van der Waals surface area contributed by atoms with Crippen molar-refractivity contribution in [2.75, 3.05) is 5.88 Å². The van der Waals surface area contributed by atoms with E-state index in [1.165, 1.54) is 0 Å². The number of imidazole rings is 1. The van der Waals surface area contributed by atoms with Gasteiger partial charge in [0.25, 0.3) is 0 Å². The minimum Gasteiger partial charge on any atom is -0.368 e. The number of halogens is 2. The number of carbonyl (C=O) groups excluding carboxylic acids is 1. The summed E-state index contributed by atoms with van der Waals surface area (Å²) in [7, 11) is 0. The number of nitrogens with two attached hydrogens (primary N) is 1. The number of aromatic nitrogens is 3. The largest absolute Gasteiger partial charge is 0.368 e. The molecule has 0 aliphatic carbocycles. The molecular formula is C12H14BrClN4O. The van der Waals surface area contributed by atoms with Crippen molar-refractivity contribution < 1.29 is 4.79 Å². The molecule has 0 aliphatic rings. The fraction of sp³-hybridized carbons (Fsp3) is 0.417. The molecule has 0 atom stereocenters. The molecule has 19 heavy (non-hydrogen) atoms. The van der Waals surface area contributed by atoms with E-state index < -0.39 is 11.4 Å². The maximum Gasteiger partial charge on any atom is 0.243 e. The molecule has 2 rings (SSSR count). The Hall–Kier alpha value is -1.14. The Morgan fingerprint density at radius 3 is 2.84 bits per heavy atom. The quantitative estimate of drug-likeness (QED) is 0.863. The second-order valence-corrected chi connectivity index (χ2v) is 6.02. The third kappa shape index (κ3) is 2.47. The van der Waals surface area contributed by atoms with Crippen LogP contribution in [-0.4, -0.2) is 26.3 Å². The topological polar surface area (TPSA) is 73.8 Å². The minimum absolute atomic E-state index is 0.416. The Bertz CT molecular complexity index is 638. The molecule has 0 spiro atoms. The average Bonchev–Trinajstić information content (AvgIpc) is 2.66. The summed E-state index contributed by atoms with van der Waals surface area (Å²) in [4.78, 5) is 20.5. The molecule has 2 aromatic rings. The van der Waals surface area contributed by atoms with Crippen molar-refractivity contribution in [3.05, 3.63) is 22.6 Å². The molecule has 0 aromatic carbocycles. The van der Waals surface area contributed by atoms with Crippen LogP contribution in [0.25, 0.3) is 11.2 Å². The highest BCUT2D eigenvalue weighted by Crippen LogP contribution is 2.26. The zero-order valence-corrected chi connectivity index (χ0v) is 13.0. The monoisotopic (exact) mass is 344 g/mol. The lowest BCUT2D eigenvalue weighted by molar-refractivity contribution is -0.125. The summed E-state index contributed by atoms with van der Waals surface area (Å²) in [5, 5.41) is 0. The number of primary amides is 1. The smallest absolute Gasteiger partial charge is 0.243 e. The first-order valence-corrected chi connectivity index (χ1v) is 7.10. The highest BCUT2D eigenvalue weighted by atomic mass is 79.9. The molecule has 0 radical (unpaired) electrons. The van der Waals surface area contributed by atoms with Gasteiger partial charge in [0.15, 0.2) is 5.65 Å². The molecule has 2 heterocycles. The van der Waals surface area contributed by atoms with Gasteiger partial charge in [0.1, 0.15) is 16.9 Å². The Kier molecular flexibility index (Phi) is 3.82. The number of nitrogens with zero attached hydrogens (tertiary/aromatic N) is 3. The lowest BCUT2D eigenvalue weighted by Crippen LogP contribution is -2.42. The first-order chi connectivity index (χ1) is 8.87. The first-order valence-electron chi connectivity index (χ1n) is 5.77. The van der Waals surface area contributed by atoms with Crippen molar-refractivity contribution in [1.29, 1.82) is 0 Å². The molecule has 0 bridgehead atoms. The zero-order chi connectivity index (χ0) is 14.2. The van der Waals surface area contributed by atoms with Crippen LogP contribution in [0.3, 0.4) is 0 Å². The van der Waals surface area contributed by atoms with Crippen molar-refractivity contribution in [2.24, 2.45) is 5.73 Å². The van der Waals surface area contributed by atoms with Gasteiger partial charge < -0.3 is 5.73 Å². The highest BCUT2D eigenvalue weighted by molar-refractivity contribution is 9.10. The van der Waals surface area contributed by atoms with Gasteiger partial charge in [-0.1, -0.05) is 0 Å². The summed E-state index contributed by atoms with van der Waals surface area (Å²) in [5.74, 6) is 0.686. The lowest BCUT2D eigenvalue weighted by atomic mass is 10.0. The van der Waals surface area contributed by atoms with Crippen molar-refractivity contribution >= 4 is 44.6 Å². The fourth-order valence-corrected chi connectivity index (χ4v) is 2.43. The van der Waals surface area contributed by atoms with Crippen LogP contribution in [0.15, 0.2) is 16.7 Å². The molecule has 7 heteroatoms. The molecule has 5 nitrogen and oxygen atoms in total. The van der Waals surface area contributed by atoms with E-state index >= 15 is 0 Å². The lowest BCUT2D eigenvalue weighted by Gasteiger charge is -2.25. The third-order valence-electron chi connectivity index (χ3n) is 3.01. The van der Waals surface area contributed by atoms with Crippen LogP contribution in [0.4, 0.5) is 0 Å². The fourth-order valence-electron chi connectivity index (χ4n) is 1.94. The van der Waals surface area contributed by atoms with E-state index in [1.54, 1.807) is 24.6 Å². The Labute approximate surface area is 124 Å². The summed E-state index contributed by atoms with van der Waals surface area (Å²) in [5.41, 5.74) is 5.93. The van der Waals surface area contributed by atoms with Gasteiger partial charge in [-0.3, -0.25) is 9.36 Å². The Morgan fingerprint density at radius 2 is 2.26 bits per heavy atom. The van der Waals surface area contributed by atoms with Crippen LogP contribution in [0.2, 0.25) is 0 Å². The van der Waals surface area contributed by atoms with Gasteiger partial charge in [0.2, 0.25) is 5.91 Å². The molecular weight excluding hydrogens is 332 g/mol. The van der Waals surface area contributed by atoms with Gasteiger partial charge in [0, 0.05) is 23.0 Å². The van der Waals surface area contributed by atoms with Crippen molar-refractivity contribution in [3.8, 4) is 0 Å². The molecule has 1 amide bonds. The van der Waals surface area contributed by atoms with Crippen LogP contribution in [0, 0.1) is 0 Å². The van der Waals surface area contributed by atoms with E-state index in [9.17, 15) is 4.79 Å². The van der Waals surface area contributed by atoms with Gasteiger partial charge in [-0.15, -0.1) is 11.6 Å². The number of fused-ring (bicyclic) bond motifs is 1. The van der Waals surface area contributed by atoms with E-state index in [2.05, 4.69) is 25.9 Å². The number of carbonyl (C=O) groups is 1. The van der Waals surface area contributed by atoms with Crippen LogP contribution in [-0.2, 0) is 16.8 Å². The summed E-state index contributed by atoms with van der Waals surface area (Å²) in [6.45, 7) is 3.50. The molecule has 0 fully saturated rings.